The van der Waals surface area contributed by atoms with Crippen LogP contribution in [0.4, 0.5) is 0 Å². The van der Waals surface area contributed by atoms with Crippen molar-refractivity contribution >= 4 is 43.2 Å². The number of rotatable bonds is 4. The molecule has 74 valence electrons. The van der Waals surface area contributed by atoms with E-state index in [1.54, 1.807) is 0 Å². The molecular formula is C10H14Br2S. The first-order valence-corrected chi connectivity index (χ1v) is 7.07. The molecule has 0 amide bonds. The molecule has 0 aliphatic carbocycles. The molecule has 0 spiro atoms. The average Bonchev–Trinajstić information content (AvgIpc) is 2.47. The first kappa shape index (κ1) is 11.7. The average molecular weight is 326 g/mol. The lowest BCUT2D eigenvalue weighted by Gasteiger charge is -2.10. The van der Waals surface area contributed by atoms with Crippen LogP contribution in [0, 0.1) is 5.92 Å². The van der Waals surface area contributed by atoms with E-state index in [1.165, 1.54) is 22.2 Å². The molecule has 13 heavy (non-hydrogen) atoms. The minimum absolute atomic E-state index is 0.518. The fourth-order valence-corrected chi connectivity index (χ4v) is 3.94. The van der Waals surface area contributed by atoms with Crippen molar-refractivity contribution in [1.82, 2.24) is 0 Å². The maximum atomic E-state index is 3.72. The van der Waals surface area contributed by atoms with Gasteiger partial charge in [-0.2, -0.15) is 0 Å². The van der Waals surface area contributed by atoms with Crippen LogP contribution in [0.25, 0.3) is 0 Å². The second kappa shape index (κ2) is 5.52. The van der Waals surface area contributed by atoms with Gasteiger partial charge in [0, 0.05) is 9.35 Å². The summed E-state index contributed by atoms with van der Waals surface area (Å²) in [5.74, 6) is 0.791. The van der Waals surface area contributed by atoms with E-state index in [2.05, 4.69) is 57.2 Å². The van der Waals surface area contributed by atoms with E-state index in [-0.39, 0.29) is 0 Å². The van der Waals surface area contributed by atoms with Crippen molar-refractivity contribution in [3.63, 3.8) is 0 Å². The molecule has 3 heteroatoms. The highest BCUT2D eigenvalue weighted by Crippen LogP contribution is 2.37. The molecule has 0 saturated heterocycles. The summed E-state index contributed by atoms with van der Waals surface area (Å²) in [4.78, 5) is 1.94. The van der Waals surface area contributed by atoms with Gasteiger partial charge in [0.15, 0.2) is 0 Å². The van der Waals surface area contributed by atoms with Crippen LogP contribution in [0.1, 0.15) is 36.4 Å². The van der Waals surface area contributed by atoms with Crippen LogP contribution < -0.4 is 0 Å². The highest BCUT2D eigenvalue weighted by atomic mass is 79.9. The maximum absolute atomic E-state index is 3.72. The Kier molecular flexibility index (Phi) is 4.98. The minimum atomic E-state index is 0.518. The van der Waals surface area contributed by atoms with Gasteiger partial charge in [0.1, 0.15) is 0 Å². The fourth-order valence-electron chi connectivity index (χ4n) is 1.14. The minimum Gasteiger partial charge on any atom is -0.147 e. The predicted octanol–water partition coefficient (Wildman–Crippen LogP) is 5.38. The topological polar surface area (TPSA) is 0 Å². The lowest BCUT2D eigenvalue weighted by atomic mass is 10.1. The van der Waals surface area contributed by atoms with E-state index in [9.17, 15) is 0 Å². The Morgan fingerprint density at radius 2 is 2.08 bits per heavy atom. The van der Waals surface area contributed by atoms with Crippen LogP contribution in [0.5, 0.6) is 0 Å². The molecule has 0 bridgehead atoms. The van der Waals surface area contributed by atoms with Gasteiger partial charge in [-0.25, -0.2) is 0 Å². The molecule has 1 unspecified atom stereocenters. The van der Waals surface area contributed by atoms with Gasteiger partial charge in [0.2, 0.25) is 0 Å². The monoisotopic (exact) mass is 324 g/mol. The van der Waals surface area contributed by atoms with Gasteiger partial charge in [0.25, 0.3) is 0 Å². The molecule has 0 saturated carbocycles. The summed E-state index contributed by atoms with van der Waals surface area (Å²) in [7, 11) is 0. The summed E-state index contributed by atoms with van der Waals surface area (Å²) >= 11 is 9.09. The summed E-state index contributed by atoms with van der Waals surface area (Å²) in [5.41, 5.74) is 0. The van der Waals surface area contributed by atoms with Crippen molar-refractivity contribution in [3.8, 4) is 0 Å². The molecular weight excluding hydrogens is 312 g/mol. The van der Waals surface area contributed by atoms with Gasteiger partial charge in [-0.05, 0) is 46.1 Å². The fraction of sp³-hybridized carbons (Fsp3) is 0.600. The SMILES string of the molecule is CC(C)CCC(Br)c1sccc1Br. The summed E-state index contributed by atoms with van der Waals surface area (Å²) in [6.45, 7) is 4.53. The number of hydrogen-bond donors (Lipinski definition) is 0. The Morgan fingerprint density at radius 1 is 1.38 bits per heavy atom. The Morgan fingerprint density at radius 3 is 2.54 bits per heavy atom. The Bertz CT molecular complexity index is 255. The Hall–Kier alpha value is 0.660. The number of thiophene rings is 1. The van der Waals surface area contributed by atoms with E-state index in [0.717, 1.165) is 5.92 Å². The van der Waals surface area contributed by atoms with Gasteiger partial charge in [0.05, 0.1) is 4.83 Å². The van der Waals surface area contributed by atoms with Crippen molar-refractivity contribution in [1.29, 1.82) is 0 Å². The molecule has 1 atom stereocenters. The first-order valence-electron chi connectivity index (χ1n) is 4.48. The van der Waals surface area contributed by atoms with Crippen molar-refractivity contribution in [2.24, 2.45) is 5.92 Å². The van der Waals surface area contributed by atoms with Gasteiger partial charge in [-0.3, -0.25) is 0 Å². The summed E-state index contributed by atoms with van der Waals surface area (Å²) in [5, 5.41) is 2.13. The van der Waals surface area contributed by atoms with Crippen LogP contribution in [0.2, 0.25) is 0 Å². The van der Waals surface area contributed by atoms with Gasteiger partial charge in [-0.15, -0.1) is 11.3 Å². The quantitative estimate of drug-likeness (QED) is 0.652. The van der Waals surface area contributed by atoms with E-state index < -0.39 is 0 Å². The van der Waals surface area contributed by atoms with Crippen LogP contribution in [0.3, 0.4) is 0 Å². The molecule has 0 N–H and O–H groups in total. The van der Waals surface area contributed by atoms with Crippen molar-refractivity contribution in [2.75, 3.05) is 0 Å². The van der Waals surface area contributed by atoms with Crippen molar-refractivity contribution in [2.45, 2.75) is 31.5 Å². The number of halogens is 2. The molecule has 0 aromatic carbocycles. The summed E-state index contributed by atoms with van der Waals surface area (Å²) < 4.78 is 1.24. The lowest BCUT2D eigenvalue weighted by molar-refractivity contribution is 0.555. The van der Waals surface area contributed by atoms with Crippen LogP contribution in [-0.2, 0) is 0 Å². The van der Waals surface area contributed by atoms with Gasteiger partial charge in [-0.1, -0.05) is 29.8 Å². The lowest BCUT2D eigenvalue weighted by Crippen LogP contribution is -1.92. The predicted molar refractivity (Wildman–Crippen MR) is 67.8 cm³/mol. The third-order valence-electron chi connectivity index (χ3n) is 1.93. The highest BCUT2D eigenvalue weighted by Gasteiger charge is 2.12. The summed E-state index contributed by atoms with van der Waals surface area (Å²) in [6.07, 6.45) is 2.50. The van der Waals surface area contributed by atoms with Gasteiger partial charge < -0.3 is 0 Å². The van der Waals surface area contributed by atoms with Crippen LogP contribution in [0.15, 0.2) is 15.9 Å². The Labute approximate surface area is 101 Å². The van der Waals surface area contributed by atoms with Gasteiger partial charge >= 0.3 is 0 Å². The second-order valence-corrected chi connectivity index (χ2v) is 6.48. The zero-order valence-electron chi connectivity index (χ0n) is 7.89. The standard InChI is InChI=1S/C10H14Br2S/c1-7(2)3-4-8(11)10-9(12)5-6-13-10/h5-8H,3-4H2,1-2H3. The molecule has 0 fully saturated rings. The largest absolute Gasteiger partial charge is 0.147 e. The zero-order valence-corrected chi connectivity index (χ0v) is 11.9. The van der Waals surface area contributed by atoms with E-state index >= 15 is 0 Å². The number of hydrogen-bond acceptors (Lipinski definition) is 1. The Balaban J connectivity index is 2.49. The third-order valence-corrected chi connectivity index (χ3v) is 5.13. The van der Waals surface area contributed by atoms with Crippen molar-refractivity contribution < 1.29 is 0 Å². The molecule has 1 rings (SSSR count). The smallest absolute Gasteiger partial charge is 0.0500 e. The normalized spacial score (nSPS) is 13.6. The highest BCUT2D eigenvalue weighted by molar-refractivity contribution is 9.11. The van der Waals surface area contributed by atoms with E-state index in [1.807, 2.05) is 11.3 Å². The second-order valence-electron chi connectivity index (χ2n) is 3.57. The van der Waals surface area contributed by atoms with E-state index in [0.29, 0.717) is 4.83 Å². The maximum Gasteiger partial charge on any atom is 0.0500 e. The summed E-state index contributed by atoms with van der Waals surface area (Å²) in [6, 6.07) is 2.11. The first-order chi connectivity index (χ1) is 6.11. The molecule has 0 aliphatic heterocycles. The molecule has 0 aliphatic rings. The molecule has 1 aromatic rings. The van der Waals surface area contributed by atoms with Crippen molar-refractivity contribution in [3.05, 3.63) is 20.8 Å². The molecule has 1 heterocycles. The molecule has 0 nitrogen and oxygen atoms in total. The molecule has 1 aromatic heterocycles. The zero-order chi connectivity index (χ0) is 9.84. The molecule has 0 radical (unpaired) electrons. The third kappa shape index (κ3) is 3.72. The van der Waals surface area contributed by atoms with Crippen LogP contribution in [-0.4, -0.2) is 0 Å². The number of alkyl halides is 1. The van der Waals surface area contributed by atoms with Crippen LogP contribution >= 0.6 is 43.2 Å². The van der Waals surface area contributed by atoms with E-state index in [4.69, 9.17) is 0 Å².